The fourth-order valence-corrected chi connectivity index (χ4v) is 0.533. The molecule has 1 fully saturated rings. The summed E-state index contributed by atoms with van der Waals surface area (Å²) in [6.07, 6.45) is -0.812. The second-order valence-electron chi connectivity index (χ2n) is 2.01. The topological polar surface area (TPSA) is 23.8 Å². The van der Waals surface area contributed by atoms with Crippen LogP contribution in [0.4, 0.5) is 13.2 Å². The first-order chi connectivity index (χ1) is 3.46. The van der Waals surface area contributed by atoms with Crippen molar-refractivity contribution in [2.45, 2.75) is 24.6 Å². The van der Waals surface area contributed by atoms with Crippen molar-refractivity contribution in [3.05, 3.63) is 0 Å². The van der Waals surface area contributed by atoms with Gasteiger partial charge in [-0.25, -0.2) is 18.9 Å². The molecule has 0 aliphatic heterocycles. The second-order valence-corrected chi connectivity index (χ2v) is 2.01. The molecule has 0 bridgehead atoms. The van der Waals surface area contributed by atoms with E-state index in [9.17, 15) is 13.2 Å². The minimum absolute atomic E-state index is 0.333. The van der Waals surface area contributed by atoms with Gasteiger partial charge in [-0.05, 0) is 0 Å². The Balaban J connectivity index is 2.63. The number of alkyl halides is 3. The van der Waals surface area contributed by atoms with Gasteiger partial charge in [0.05, 0.1) is 0 Å². The molecule has 1 rings (SSSR count). The van der Waals surface area contributed by atoms with Crippen LogP contribution in [0.25, 0.3) is 0 Å². The molecular weight excluding hydrogens is 119 g/mol. The number of hydrogen-bond acceptors (Lipinski definition) is 0. The van der Waals surface area contributed by atoms with E-state index in [0.717, 1.165) is 0 Å². The molecule has 8 heavy (non-hydrogen) atoms. The lowest BCUT2D eigenvalue weighted by atomic mass is 9.86. The van der Waals surface area contributed by atoms with E-state index in [4.69, 9.17) is 5.73 Å². The number of nitrogens with one attached hydrogen (secondary N) is 1. The third kappa shape index (κ3) is 0.523. The minimum Gasteiger partial charge on any atom is -0.218 e. The van der Waals surface area contributed by atoms with Gasteiger partial charge in [-0.2, -0.15) is 0 Å². The zero-order chi connectivity index (χ0) is 6.41. The molecule has 1 radical (unpaired) electrons. The highest BCUT2D eigenvalue weighted by Gasteiger charge is 2.61. The Bertz CT molecular complexity index is 95.9. The standard InChI is InChI=1S/C4H5F3N/c5-3(6)1-2-4(3,7)8/h8H,1-2H2. The predicted molar refractivity (Wildman–Crippen MR) is 21.1 cm³/mol. The van der Waals surface area contributed by atoms with Gasteiger partial charge < -0.3 is 0 Å². The molecule has 4 heteroatoms. The fourth-order valence-electron chi connectivity index (χ4n) is 0.533. The first kappa shape index (κ1) is 5.88. The van der Waals surface area contributed by atoms with Gasteiger partial charge in [0.1, 0.15) is 0 Å². The van der Waals surface area contributed by atoms with Gasteiger partial charge in [0, 0.05) is 12.8 Å². The quantitative estimate of drug-likeness (QED) is 0.435. The van der Waals surface area contributed by atoms with Gasteiger partial charge >= 0.3 is 0 Å². The average molecular weight is 124 g/mol. The summed E-state index contributed by atoms with van der Waals surface area (Å²) >= 11 is 0. The zero-order valence-electron chi connectivity index (χ0n) is 4.05. The molecule has 47 valence electrons. The summed E-state index contributed by atoms with van der Waals surface area (Å²) in [6, 6.07) is 0. The smallest absolute Gasteiger partial charge is 0.218 e. The lowest BCUT2D eigenvalue weighted by Gasteiger charge is -2.37. The molecule has 1 saturated carbocycles. The summed E-state index contributed by atoms with van der Waals surface area (Å²) < 4.78 is 35.4. The summed E-state index contributed by atoms with van der Waals surface area (Å²) in [4.78, 5) is 0. The van der Waals surface area contributed by atoms with E-state index >= 15 is 0 Å². The normalized spacial score (nSPS) is 43.5. The van der Waals surface area contributed by atoms with E-state index in [1.165, 1.54) is 0 Å². The zero-order valence-corrected chi connectivity index (χ0v) is 4.05. The summed E-state index contributed by atoms with van der Waals surface area (Å²) in [7, 11) is 0. The van der Waals surface area contributed by atoms with Crippen molar-refractivity contribution in [1.82, 2.24) is 5.73 Å². The Labute approximate surface area is 44.7 Å². The Morgan fingerprint density at radius 1 is 1.12 bits per heavy atom. The van der Waals surface area contributed by atoms with Gasteiger partial charge in [-0.3, -0.25) is 0 Å². The SMILES string of the molecule is [NH]C1(F)CCC1(F)F. The summed E-state index contributed by atoms with van der Waals surface area (Å²) in [5.74, 6) is -6.35. The molecule has 1 aliphatic rings. The van der Waals surface area contributed by atoms with Crippen molar-refractivity contribution in [2.24, 2.45) is 0 Å². The number of hydrogen-bond donors (Lipinski definition) is 0. The molecule has 1 N–H and O–H groups in total. The van der Waals surface area contributed by atoms with Crippen LogP contribution < -0.4 is 5.73 Å². The average Bonchev–Trinajstić information content (AvgIpc) is 1.64. The van der Waals surface area contributed by atoms with Crippen molar-refractivity contribution in [1.29, 1.82) is 0 Å². The van der Waals surface area contributed by atoms with Crippen LogP contribution in [0, 0.1) is 0 Å². The summed E-state index contributed by atoms with van der Waals surface area (Å²) in [5.41, 5.74) is 6.25. The van der Waals surface area contributed by atoms with Gasteiger partial charge in [-0.1, -0.05) is 0 Å². The Hall–Kier alpha value is -0.250. The maximum absolute atomic E-state index is 11.9. The van der Waals surface area contributed by atoms with Gasteiger partial charge in [0.2, 0.25) is 5.79 Å². The molecule has 0 aromatic rings. The van der Waals surface area contributed by atoms with Crippen LogP contribution in [0.5, 0.6) is 0 Å². The van der Waals surface area contributed by atoms with Crippen molar-refractivity contribution in [3.8, 4) is 0 Å². The predicted octanol–water partition coefficient (Wildman–Crippen LogP) is 1.36. The lowest BCUT2D eigenvalue weighted by molar-refractivity contribution is -0.211. The number of halogens is 3. The highest BCUT2D eigenvalue weighted by atomic mass is 19.3. The molecular formula is C4H5F3N. The molecule has 1 nitrogen and oxygen atoms in total. The van der Waals surface area contributed by atoms with Crippen molar-refractivity contribution < 1.29 is 13.2 Å². The summed E-state index contributed by atoms with van der Waals surface area (Å²) in [5, 5.41) is 0. The third-order valence-corrected chi connectivity index (χ3v) is 1.36. The maximum atomic E-state index is 11.9. The Morgan fingerprint density at radius 3 is 1.50 bits per heavy atom. The first-order valence-electron chi connectivity index (χ1n) is 2.27. The second kappa shape index (κ2) is 1.18. The molecule has 0 aromatic heterocycles. The fraction of sp³-hybridized carbons (Fsp3) is 1.00. The molecule has 0 aromatic carbocycles. The van der Waals surface area contributed by atoms with E-state index in [-0.39, 0.29) is 6.42 Å². The third-order valence-electron chi connectivity index (χ3n) is 1.36. The molecule has 0 amide bonds. The Kier molecular flexibility index (Phi) is 0.867. The highest BCUT2D eigenvalue weighted by molar-refractivity contribution is 4.98. The molecule has 1 unspecified atom stereocenters. The molecule has 1 atom stereocenters. The van der Waals surface area contributed by atoms with Crippen molar-refractivity contribution in [3.63, 3.8) is 0 Å². The van der Waals surface area contributed by atoms with Gasteiger partial charge in [0.15, 0.2) is 0 Å². The largest absolute Gasteiger partial charge is 0.296 e. The van der Waals surface area contributed by atoms with E-state index in [1.54, 1.807) is 0 Å². The van der Waals surface area contributed by atoms with Crippen LogP contribution in [0.1, 0.15) is 12.8 Å². The van der Waals surface area contributed by atoms with Crippen LogP contribution >= 0.6 is 0 Å². The van der Waals surface area contributed by atoms with Crippen LogP contribution in [-0.4, -0.2) is 11.7 Å². The van der Waals surface area contributed by atoms with Crippen molar-refractivity contribution in [2.75, 3.05) is 0 Å². The van der Waals surface area contributed by atoms with E-state index < -0.39 is 18.1 Å². The lowest BCUT2D eigenvalue weighted by Crippen LogP contribution is -2.55. The minimum atomic E-state index is -3.38. The van der Waals surface area contributed by atoms with Crippen LogP contribution in [0.15, 0.2) is 0 Å². The van der Waals surface area contributed by atoms with Crippen molar-refractivity contribution >= 4 is 0 Å². The highest BCUT2D eigenvalue weighted by Crippen LogP contribution is 2.46. The number of rotatable bonds is 0. The van der Waals surface area contributed by atoms with E-state index in [0.29, 0.717) is 0 Å². The van der Waals surface area contributed by atoms with Gasteiger partial charge in [0.25, 0.3) is 5.92 Å². The molecule has 0 spiro atoms. The van der Waals surface area contributed by atoms with E-state index in [1.807, 2.05) is 0 Å². The monoisotopic (exact) mass is 124 g/mol. The summed E-state index contributed by atoms with van der Waals surface area (Å²) in [6.45, 7) is 0. The Morgan fingerprint density at radius 2 is 1.50 bits per heavy atom. The van der Waals surface area contributed by atoms with E-state index in [2.05, 4.69) is 0 Å². The molecule has 1 aliphatic carbocycles. The molecule has 0 heterocycles. The molecule has 0 saturated heterocycles. The maximum Gasteiger partial charge on any atom is 0.296 e. The first-order valence-corrected chi connectivity index (χ1v) is 2.27. The van der Waals surface area contributed by atoms with Crippen LogP contribution in [-0.2, 0) is 0 Å². The van der Waals surface area contributed by atoms with Crippen LogP contribution in [0.2, 0.25) is 0 Å². The van der Waals surface area contributed by atoms with Crippen LogP contribution in [0.3, 0.4) is 0 Å². The van der Waals surface area contributed by atoms with Gasteiger partial charge in [-0.15, -0.1) is 0 Å².